The summed E-state index contributed by atoms with van der Waals surface area (Å²) in [6, 6.07) is 13.1. The molecule has 0 spiro atoms. The molecule has 1 aliphatic rings. The van der Waals surface area contributed by atoms with Crippen molar-refractivity contribution in [1.82, 2.24) is 9.80 Å². The van der Waals surface area contributed by atoms with Crippen LogP contribution in [-0.4, -0.2) is 67.5 Å². The van der Waals surface area contributed by atoms with Crippen molar-refractivity contribution < 1.29 is 14.3 Å². The van der Waals surface area contributed by atoms with Gasteiger partial charge in [-0.05, 0) is 44.0 Å². The van der Waals surface area contributed by atoms with E-state index in [-0.39, 0.29) is 17.9 Å². The summed E-state index contributed by atoms with van der Waals surface area (Å²) in [6.07, 6.45) is 0. The Hall–Kier alpha value is -2.90. The molecule has 31 heavy (non-hydrogen) atoms. The van der Waals surface area contributed by atoms with Gasteiger partial charge >= 0.3 is 0 Å². The molecule has 7 heteroatoms. The fourth-order valence-electron chi connectivity index (χ4n) is 3.85. The zero-order valence-electron chi connectivity index (χ0n) is 18.8. The van der Waals surface area contributed by atoms with Gasteiger partial charge in [0, 0.05) is 31.9 Å². The lowest BCUT2D eigenvalue weighted by atomic mass is 10.1. The first-order valence-electron chi connectivity index (χ1n) is 10.7. The lowest BCUT2D eigenvalue weighted by Crippen LogP contribution is -2.53. The number of nitrogens with one attached hydrogen (secondary N) is 2. The summed E-state index contributed by atoms with van der Waals surface area (Å²) in [7, 11) is 1.59. The number of aryl methyl sites for hydroxylation is 2. The number of methoxy groups -OCH3 is 1. The van der Waals surface area contributed by atoms with Crippen molar-refractivity contribution in [2.75, 3.05) is 50.5 Å². The number of piperazine rings is 1. The molecule has 7 nitrogen and oxygen atoms in total. The summed E-state index contributed by atoms with van der Waals surface area (Å²) in [5, 5.41) is 6.00. The van der Waals surface area contributed by atoms with Gasteiger partial charge in [-0.2, -0.15) is 0 Å². The van der Waals surface area contributed by atoms with Crippen molar-refractivity contribution in [1.29, 1.82) is 0 Å². The topological polar surface area (TPSA) is 73.9 Å². The molecule has 0 aromatic heterocycles. The number of ether oxygens (including phenoxy) is 1. The summed E-state index contributed by atoms with van der Waals surface area (Å²) in [5.74, 6) is 0.571. The maximum atomic E-state index is 12.7. The Labute approximate surface area is 184 Å². The Balaban J connectivity index is 1.48. The molecule has 1 saturated heterocycles. The van der Waals surface area contributed by atoms with Gasteiger partial charge in [0.2, 0.25) is 11.8 Å². The third-order valence-corrected chi connectivity index (χ3v) is 5.81. The molecule has 2 aromatic carbocycles. The fraction of sp³-hybridized carbons (Fsp3) is 0.417. The van der Waals surface area contributed by atoms with Crippen LogP contribution in [0, 0.1) is 13.8 Å². The Bertz CT molecular complexity index is 903. The van der Waals surface area contributed by atoms with Crippen molar-refractivity contribution in [3.8, 4) is 5.75 Å². The molecule has 2 N–H and O–H groups in total. The number of carbonyl (C=O) groups is 2. The predicted octanol–water partition coefficient (Wildman–Crippen LogP) is 2.90. The zero-order chi connectivity index (χ0) is 22.4. The van der Waals surface area contributed by atoms with Gasteiger partial charge in [-0.3, -0.25) is 19.4 Å². The van der Waals surface area contributed by atoms with Gasteiger partial charge in [0.25, 0.3) is 0 Å². The largest absolute Gasteiger partial charge is 0.495 e. The van der Waals surface area contributed by atoms with Crippen LogP contribution in [0.25, 0.3) is 0 Å². The first-order valence-corrected chi connectivity index (χ1v) is 10.7. The van der Waals surface area contributed by atoms with E-state index in [9.17, 15) is 9.59 Å². The summed E-state index contributed by atoms with van der Waals surface area (Å²) < 4.78 is 5.31. The van der Waals surface area contributed by atoms with Crippen molar-refractivity contribution in [2.24, 2.45) is 0 Å². The van der Waals surface area contributed by atoms with Crippen LogP contribution in [-0.2, 0) is 9.59 Å². The Morgan fingerprint density at radius 3 is 2.26 bits per heavy atom. The standard InChI is InChI=1S/C24H32N4O3/c1-17-8-7-9-18(2)23(17)26-22(29)16-27-12-14-28(15-13-27)19(3)24(30)25-20-10-5-6-11-21(20)31-4/h5-11,19H,12-16H2,1-4H3,(H,25,30)(H,26,29). The van der Waals surface area contributed by atoms with E-state index in [1.807, 2.05) is 63.2 Å². The number of para-hydroxylation sites is 3. The van der Waals surface area contributed by atoms with Gasteiger partial charge < -0.3 is 15.4 Å². The van der Waals surface area contributed by atoms with Crippen LogP contribution in [0.15, 0.2) is 42.5 Å². The summed E-state index contributed by atoms with van der Waals surface area (Å²) >= 11 is 0. The van der Waals surface area contributed by atoms with Crippen molar-refractivity contribution in [3.63, 3.8) is 0 Å². The van der Waals surface area contributed by atoms with Gasteiger partial charge in [0.05, 0.1) is 25.4 Å². The molecule has 166 valence electrons. The van der Waals surface area contributed by atoms with E-state index in [0.717, 1.165) is 43.0 Å². The monoisotopic (exact) mass is 424 g/mol. The maximum absolute atomic E-state index is 12.7. The predicted molar refractivity (Wildman–Crippen MR) is 124 cm³/mol. The molecule has 0 radical (unpaired) electrons. The number of carbonyl (C=O) groups excluding carboxylic acids is 2. The minimum atomic E-state index is -0.268. The van der Waals surface area contributed by atoms with Crippen LogP contribution in [0.2, 0.25) is 0 Å². The molecule has 0 saturated carbocycles. The van der Waals surface area contributed by atoms with Crippen LogP contribution in [0.5, 0.6) is 5.75 Å². The number of rotatable bonds is 7. The van der Waals surface area contributed by atoms with E-state index in [0.29, 0.717) is 18.0 Å². The van der Waals surface area contributed by atoms with Crippen LogP contribution in [0.4, 0.5) is 11.4 Å². The van der Waals surface area contributed by atoms with E-state index in [1.165, 1.54) is 0 Å². The molecule has 3 rings (SSSR count). The smallest absolute Gasteiger partial charge is 0.241 e. The second-order valence-corrected chi connectivity index (χ2v) is 7.99. The number of nitrogens with zero attached hydrogens (tertiary/aromatic N) is 2. The number of hydrogen-bond donors (Lipinski definition) is 2. The summed E-state index contributed by atoms with van der Waals surface area (Å²) in [4.78, 5) is 29.5. The number of hydrogen-bond acceptors (Lipinski definition) is 5. The van der Waals surface area contributed by atoms with Crippen LogP contribution in [0.1, 0.15) is 18.1 Å². The molecule has 1 aliphatic heterocycles. The Morgan fingerprint density at radius 2 is 1.61 bits per heavy atom. The number of benzene rings is 2. The summed E-state index contributed by atoms with van der Waals surface area (Å²) in [5.41, 5.74) is 3.69. The lowest BCUT2D eigenvalue weighted by Gasteiger charge is -2.37. The van der Waals surface area contributed by atoms with Gasteiger partial charge in [0.1, 0.15) is 5.75 Å². The first kappa shape index (κ1) is 22.8. The number of amides is 2. The van der Waals surface area contributed by atoms with Crippen molar-refractivity contribution in [2.45, 2.75) is 26.8 Å². The highest BCUT2D eigenvalue weighted by atomic mass is 16.5. The minimum absolute atomic E-state index is 0.00665. The average Bonchev–Trinajstić information content (AvgIpc) is 2.77. The summed E-state index contributed by atoms with van der Waals surface area (Å²) in [6.45, 7) is 9.21. The van der Waals surface area contributed by atoms with E-state index >= 15 is 0 Å². The normalized spacial score (nSPS) is 15.9. The van der Waals surface area contributed by atoms with Gasteiger partial charge in [-0.25, -0.2) is 0 Å². The highest BCUT2D eigenvalue weighted by Crippen LogP contribution is 2.23. The molecule has 1 unspecified atom stereocenters. The van der Waals surface area contributed by atoms with E-state index < -0.39 is 0 Å². The second kappa shape index (κ2) is 10.4. The van der Waals surface area contributed by atoms with E-state index in [1.54, 1.807) is 7.11 Å². The molecule has 2 amide bonds. The molecule has 0 bridgehead atoms. The van der Waals surface area contributed by atoms with E-state index in [4.69, 9.17) is 4.74 Å². The van der Waals surface area contributed by atoms with Crippen molar-refractivity contribution in [3.05, 3.63) is 53.6 Å². The average molecular weight is 425 g/mol. The van der Waals surface area contributed by atoms with Crippen LogP contribution < -0.4 is 15.4 Å². The molecular weight excluding hydrogens is 392 g/mol. The second-order valence-electron chi connectivity index (χ2n) is 7.99. The van der Waals surface area contributed by atoms with Crippen LogP contribution >= 0.6 is 0 Å². The first-order chi connectivity index (χ1) is 14.9. The molecule has 1 heterocycles. The van der Waals surface area contributed by atoms with Crippen molar-refractivity contribution >= 4 is 23.2 Å². The highest BCUT2D eigenvalue weighted by molar-refractivity contribution is 5.96. The highest BCUT2D eigenvalue weighted by Gasteiger charge is 2.27. The minimum Gasteiger partial charge on any atom is -0.495 e. The molecular formula is C24H32N4O3. The van der Waals surface area contributed by atoms with Gasteiger partial charge in [-0.1, -0.05) is 30.3 Å². The Kier molecular flexibility index (Phi) is 7.65. The molecule has 2 aromatic rings. The molecule has 1 fully saturated rings. The quantitative estimate of drug-likeness (QED) is 0.715. The third-order valence-electron chi connectivity index (χ3n) is 5.81. The third kappa shape index (κ3) is 5.83. The molecule has 0 aliphatic carbocycles. The maximum Gasteiger partial charge on any atom is 0.241 e. The van der Waals surface area contributed by atoms with Crippen LogP contribution in [0.3, 0.4) is 0 Å². The van der Waals surface area contributed by atoms with E-state index in [2.05, 4.69) is 20.4 Å². The van der Waals surface area contributed by atoms with Gasteiger partial charge in [0.15, 0.2) is 0 Å². The Morgan fingerprint density at radius 1 is 0.968 bits per heavy atom. The fourth-order valence-corrected chi connectivity index (χ4v) is 3.85. The molecule has 1 atom stereocenters. The SMILES string of the molecule is COc1ccccc1NC(=O)C(C)N1CCN(CC(=O)Nc2c(C)cccc2C)CC1. The number of anilines is 2. The zero-order valence-corrected chi connectivity index (χ0v) is 18.8. The lowest BCUT2D eigenvalue weighted by molar-refractivity contribution is -0.122. The van der Waals surface area contributed by atoms with Gasteiger partial charge in [-0.15, -0.1) is 0 Å².